The maximum Gasteiger partial charge on any atom is 0.228 e. The number of rotatable bonds is 2. The van der Waals surface area contributed by atoms with Gasteiger partial charge in [0.1, 0.15) is 0 Å². The Morgan fingerprint density at radius 2 is 2.19 bits per heavy atom. The van der Waals surface area contributed by atoms with E-state index in [4.69, 9.17) is 0 Å². The van der Waals surface area contributed by atoms with E-state index in [1.54, 1.807) is 0 Å². The van der Waals surface area contributed by atoms with Crippen molar-refractivity contribution in [2.75, 3.05) is 26.2 Å². The Labute approximate surface area is 97.0 Å². The van der Waals surface area contributed by atoms with Crippen LogP contribution in [0.3, 0.4) is 0 Å². The van der Waals surface area contributed by atoms with E-state index in [1.807, 2.05) is 4.90 Å². The minimum Gasteiger partial charge on any atom is -0.394 e. The van der Waals surface area contributed by atoms with Gasteiger partial charge in [-0.3, -0.25) is 4.79 Å². The quantitative estimate of drug-likeness (QED) is 0.715. The Morgan fingerprint density at radius 1 is 1.50 bits per heavy atom. The molecule has 2 aliphatic heterocycles. The molecule has 0 unspecified atom stereocenters. The molecule has 0 aromatic heterocycles. The summed E-state index contributed by atoms with van der Waals surface area (Å²) in [7, 11) is 0. The van der Waals surface area contributed by atoms with Crippen molar-refractivity contribution in [2.45, 2.75) is 38.6 Å². The van der Waals surface area contributed by atoms with Crippen LogP contribution in [0.25, 0.3) is 0 Å². The van der Waals surface area contributed by atoms with Gasteiger partial charge in [-0.25, -0.2) is 0 Å². The van der Waals surface area contributed by atoms with Gasteiger partial charge in [0.25, 0.3) is 0 Å². The van der Waals surface area contributed by atoms with Crippen molar-refractivity contribution < 1.29 is 9.90 Å². The Kier molecular flexibility index (Phi) is 3.50. The Morgan fingerprint density at radius 3 is 2.81 bits per heavy atom. The van der Waals surface area contributed by atoms with Gasteiger partial charge in [0.05, 0.1) is 12.6 Å². The summed E-state index contributed by atoms with van der Waals surface area (Å²) in [5.74, 6) is 0.255. The number of amides is 1. The highest BCUT2D eigenvalue weighted by Crippen LogP contribution is 2.33. The molecule has 1 atom stereocenters. The van der Waals surface area contributed by atoms with Gasteiger partial charge in [-0.1, -0.05) is 6.92 Å². The highest BCUT2D eigenvalue weighted by Gasteiger charge is 2.41. The highest BCUT2D eigenvalue weighted by molar-refractivity contribution is 5.83. The van der Waals surface area contributed by atoms with Gasteiger partial charge in [0, 0.05) is 12.0 Å². The fourth-order valence-corrected chi connectivity index (χ4v) is 2.83. The second kappa shape index (κ2) is 4.72. The molecule has 16 heavy (non-hydrogen) atoms. The van der Waals surface area contributed by atoms with Gasteiger partial charge in [-0.15, -0.1) is 0 Å². The number of likely N-dealkylation sites (tertiary alicyclic amines) is 1. The van der Waals surface area contributed by atoms with Crippen LogP contribution in [-0.2, 0) is 4.79 Å². The fraction of sp³-hybridized carbons (Fsp3) is 0.917. The van der Waals surface area contributed by atoms with Crippen LogP contribution in [0.5, 0.6) is 0 Å². The maximum absolute atomic E-state index is 12.5. The van der Waals surface area contributed by atoms with Crippen molar-refractivity contribution in [1.82, 2.24) is 10.2 Å². The van der Waals surface area contributed by atoms with Crippen molar-refractivity contribution in [3.8, 4) is 0 Å². The average Bonchev–Trinajstić information content (AvgIpc) is 2.77. The van der Waals surface area contributed by atoms with Crippen LogP contribution in [0, 0.1) is 5.41 Å². The molecule has 2 heterocycles. The standard InChI is InChI=1S/C12H22N2O2/c1-12(4-6-13-7-5-12)11(16)14-8-2-3-10(14)9-15/h10,13,15H,2-9H2,1H3/t10-/m0/s1. The molecule has 4 nitrogen and oxygen atoms in total. The minimum absolute atomic E-state index is 0.0687. The molecule has 2 fully saturated rings. The lowest BCUT2D eigenvalue weighted by Crippen LogP contribution is -2.49. The number of aliphatic hydroxyl groups is 1. The van der Waals surface area contributed by atoms with E-state index < -0.39 is 0 Å². The number of nitrogens with one attached hydrogen (secondary N) is 1. The summed E-state index contributed by atoms with van der Waals surface area (Å²) in [6.45, 7) is 4.87. The lowest BCUT2D eigenvalue weighted by Gasteiger charge is -2.37. The molecule has 0 radical (unpaired) electrons. The second-order valence-electron chi connectivity index (χ2n) is 5.29. The van der Waals surface area contributed by atoms with E-state index in [-0.39, 0.29) is 24.0 Å². The van der Waals surface area contributed by atoms with Crippen LogP contribution in [0.4, 0.5) is 0 Å². The summed E-state index contributed by atoms with van der Waals surface area (Å²) in [6, 6.07) is 0.0687. The molecular formula is C12H22N2O2. The smallest absolute Gasteiger partial charge is 0.228 e. The van der Waals surface area contributed by atoms with Crippen molar-refractivity contribution in [2.24, 2.45) is 5.41 Å². The van der Waals surface area contributed by atoms with Crippen LogP contribution in [0.15, 0.2) is 0 Å². The molecule has 0 aromatic rings. The number of hydrogen-bond acceptors (Lipinski definition) is 3. The zero-order valence-electron chi connectivity index (χ0n) is 10.0. The third kappa shape index (κ3) is 2.09. The Hall–Kier alpha value is -0.610. The van der Waals surface area contributed by atoms with Gasteiger partial charge in [-0.05, 0) is 38.8 Å². The van der Waals surface area contributed by atoms with E-state index in [0.717, 1.165) is 45.3 Å². The third-order valence-corrected chi connectivity index (χ3v) is 4.07. The van der Waals surface area contributed by atoms with Crippen molar-refractivity contribution in [3.05, 3.63) is 0 Å². The van der Waals surface area contributed by atoms with E-state index in [2.05, 4.69) is 12.2 Å². The van der Waals surface area contributed by atoms with Gasteiger partial charge < -0.3 is 15.3 Å². The summed E-state index contributed by atoms with van der Waals surface area (Å²) in [5.41, 5.74) is -0.205. The van der Waals surface area contributed by atoms with Crippen molar-refractivity contribution >= 4 is 5.91 Å². The molecule has 0 aromatic carbocycles. The van der Waals surface area contributed by atoms with Gasteiger partial charge >= 0.3 is 0 Å². The number of carbonyl (C=O) groups excluding carboxylic acids is 1. The first-order valence-corrected chi connectivity index (χ1v) is 6.30. The lowest BCUT2D eigenvalue weighted by molar-refractivity contribution is -0.144. The largest absolute Gasteiger partial charge is 0.394 e. The Balaban J connectivity index is 2.05. The van der Waals surface area contributed by atoms with E-state index in [9.17, 15) is 9.90 Å². The summed E-state index contributed by atoms with van der Waals surface area (Å²) < 4.78 is 0. The number of hydrogen-bond donors (Lipinski definition) is 2. The number of nitrogens with zero attached hydrogens (tertiary/aromatic N) is 1. The number of carbonyl (C=O) groups is 1. The molecule has 0 spiro atoms. The van der Waals surface area contributed by atoms with Crippen LogP contribution in [-0.4, -0.2) is 48.2 Å². The SMILES string of the molecule is CC1(C(=O)N2CCC[C@H]2CO)CCNCC1. The molecule has 0 bridgehead atoms. The second-order valence-corrected chi connectivity index (χ2v) is 5.29. The van der Waals surface area contributed by atoms with Crippen LogP contribution in [0.1, 0.15) is 32.6 Å². The zero-order valence-corrected chi connectivity index (χ0v) is 10.0. The first-order valence-electron chi connectivity index (χ1n) is 6.30. The zero-order chi connectivity index (χ0) is 11.6. The first kappa shape index (κ1) is 11.9. The molecule has 2 saturated heterocycles. The van der Waals surface area contributed by atoms with Crippen LogP contribution in [0.2, 0.25) is 0 Å². The normalized spacial score (nSPS) is 29.4. The van der Waals surface area contributed by atoms with E-state index in [1.165, 1.54) is 0 Å². The predicted octanol–water partition coefficient (Wildman–Crippen LogP) is 0.359. The summed E-state index contributed by atoms with van der Waals surface area (Å²) in [6.07, 6.45) is 3.82. The van der Waals surface area contributed by atoms with E-state index >= 15 is 0 Å². The summed E-state index contributed by atoms with van der Waals surface area (Å²) >= 11 is 0. The molecule has 1 amide bonds. The Bertz CT molecular complexity index is 262. The topological polar surface area (TPSA) is 52.6 Å². The molecule has 0 saturated carbocycles. The molecule has 0 aliphatic carbocycles. The van der Waals surface area contributed by atoms with Crippen LogP contribution >= 0.6 is 0 Å². The van der Waals surface area contributed by atoms with Gasteiger partial charge in [-0.2, -0.15) is 0 Å². The highest BCUT2D eigenvalue weighted by atomic mass is 16.3. The third-order valence-electron chi connectivity index (χ3n) is 4.07. The summed E-state index contributed by atoms with van der Waals surface area (Å²) in [5, 5.41) is 12.6. The number of aliphatic hydroxyl groups excluding tert-OH is 1. The molecule has 2 N–H and O–H groups in total. The van der Waals surface area contributed by atoms with E-state index in [0.29, 0.717) is 0 Å². The van der Waals surface area contributed by atoms with Crippen molar-refractivity contribution in [3.63, 3.8) is 0 Å². The molecule has 2 rings (SSSR count). The predicted molar refractivity (Wildman–Crippen MR) is 62.0 cm³/mol. The van der Waals surface area contributed by atoms with Gasteiger partial charge in [0.2, 0.25) is 5.91 Å². The fourth-order valence-electron chi connectivity index (χ4n) is 2.83. The maximum atomic E-state index is 12.5. The molecule has 4 heteroatoms. The summed E-state index contributed by atoms with van der Waals surface area (Å²) in [4.78, 5) is 14.4. The van der Waals surface area contributed by atoms with Crippen molar-refractivity contribution in [1.29, 1.82) is 0 Å². The average molecular weight is 226 g/mol. The molecule has 92 valence electrons. The number of piperidine rings is 1. The molecule has 2 aliphatic rings. The first-order chi connectivity index (χ1) is 7.67. The van der Waals surface area contributed by atoms with Crippen LogP contribution < -0.4 is 5.32 Å². The monoisotopic (exact) mass is 226 g/mol. The minimum atomic E-state index is -0.205. The lowest BCUT2D eigenvalue weighted by atomic mass is 9.79. The van der Waals surface area contributed by atoms with Gasteiger partial charge in [0.15, 0.2) is 0 Å². The molecular weight excluding hydrogens is 204 g/mol.